The number of halogens is 3. The van der Waals surface area contributed by atoms with Gasteiger partial charge in [0, 0.05) is 11.6 Å². The molecular formula is C15H12ClF2NO2. The van der Waals surface area contributed by atoms with Crippen LogP contribution in [0.3, 0.4) is 0 Å². The molecule has 0 saturated heterocycles. The second-order valence-corrected chi connectivity index (χ2v) is 4.84. The standard InChI is InChI=1S/C15H12ClF2NO2/c16-10-3-6-13(18)12(7-10)15(21)19-8-14(20)9-1-4-11(17)5-2-9/h1-7,14,20H,8H2,(H,19,21). The molecule has 3 nitrogen and oxygen atoms in total. The number of aliphatic hydroxyl groups is 1. The Labute approximate surface area is 125 Å². The zero-order chi connectivity index (χ0) is 15.4. The number of hydrogen-bond donors (Lipinski definition) is 2. The van der Waals surface area contributed by atoms with E-state index in [4.69, 9.17) is 11.6 Å². The largest absolute Gasteiger partial charge is 0.387 e. The maximum absolute atomic E-state index is 13.5. The van der Waals surface area contributed by atoms with Crippen molar-refractivity contribution in [2.75, 3.05) is 6.54 Å². The Bertz CT molecular complexity index is 647. The van der Waals surface area contributed by atoms with Crippen LogP contribution in [0.2, 0.25) is 5.02 Å². The van der Waals surface area contributed by atoms with Gasteiger partial charge in [-0.1, -0.05) is 23.7 Å². The Morgan fingerprint density at radius 3 is 2.52 bits per heavy atom. The quantitative estimate of drug-likeness (QED) is 0.911. The molecule has 6 heteroatoms. The van der Waals surface area contributed by atoms with E-state index in [1.807, 2.05) is 0 Å². The number of nitrogens with one attached hydrogen (secondary N) is 1. The van der Waals surface area contributed by atoms with E-state index < -0.39 is 23.6 Å². The van der Waals surface area contributed by atoms with Crippen LogP contribution in [0.5, 0.6) is 0 Å². The summed E-state index contributed by atoms with van der Waals surface area (Å²) in [6.45, 7) is -0.129. The van der Waals surface area contributed by atoms with E-state index in [2.05, 4.69) is 5.32 Å². The molecule has 1 atom stereocenters. The van der Waals surface area contributed by atoms with E-state index in [1.165, 1.54) is 36.4 Å². The molecular weight excluding hydrogens is 300 g/mol. The van der Waals surface area contributed by atoms with Gasteiger partial charge in [0.25, 0.3) is 5.91 Å². The first-order valence-corrected chi connectivity index (χ1v) is 6.52. The Hall–Kier alpha value is -1.98. The highest BCUT2D eigenvalue weighted by atomic mass is 35.5. The van der Waals surface area contributed by atoms with Gasteiger partial charge in [-0.25, -0.2) is 8.78 Å². The topological polar surface area (TPSA) is 49.3 Å². The van der Waals surface area contributed by atoms with Crippen molar-refractivity contribution in [3.8, 4) is 0 Å². The maximum atomic E-state index is 13.5. The average Bonchev–Trinajstić information content (AvgIpc) is 2.47. The summed E-state index contributed by atoms with van der Waals surface area (Å²) in [5.74, 6) is -1.81. The molecule has 0 aliphatic rings. The van der Waals surface area contributed by atoms with Crippen LogP contribution in [0.15, 0.2) is 42.5 Å². The predicted molar refractivity (Wildman–Crippen MR) is 75.1 cm³/mol. The summed E-state index contributed by atoms with van der Waals surface area (Å²) in [4.78, 5) is 11.8. The number of rotatable bonds is 4. The van der Waals surface area contributed by atoms with Crippen LogP contribution in [0.4, 0.5) is 8.78 Å². The number of amides is 1. The van der Waals surface area contributed by atoms with E-state index in [0.29, 0.717) is 5.56 Å². The predicted octanol–water partition coefficient (Wildman–Crippen LogP) is 3.08. The van der Waals surface area contributed by atoms with Crippen LogP contribution in [0.25, 0.3) is 0 Å². The van der Waals surface area contributed by atoms with Crippen molar-refractivity contribution >= 4 is 17.5 Å². The third kappa shape index (κ3) is 4.00. The number of benzene rings is 2. The van der Waals surface area contributed by atoms with Crippen molar-refractivity contribution in [2.45, 2.75) is 6.10 Å². The molecule has 110 valence electrons. The lowest BCUT2D eigenvalue weighted by Crippen LogP contribution is -2.29. The summed E-state index contributed by atoms with van der Waals surface area (Å²) in [6, 6.07) is 8.86. The molecule has 21 heavy (non-hydrogen) atoms. The SMILES string of the molecule is O=C(NCC(O)c1ccc(F)cc1)c1cc(Cl)ccc1F. The van der Waals surface area contributed by atoms with Gasteiger partial charge < -0.3 is 10.4 Å². The van der Waals surface area contributed by atoms with Gasteiger partial charge in [0.1, 0.15) is 11.6 Å². The lowest BCUT2D eigenvalue weighted by atomic mass is 10.1. The van der Waals surface area contributed by atoms with E-state index in [9.17, 15) is 18.7 Å². The monoisotopic (exact) mass is 311 g/mol. The van der Waals surface area contributed by atoms with Gasteiger partial charge in [0.05, 0.1) is 11.7 Å². The van der Waals surface area contributed by atoms with Gasteiger partial charge in [0.2, 0.25) is 0 Å². The second kappa shape index (κ2) is 6.65. The minimum absolute atomic E-state index is 0.129. The molecule has 1 unspecified atom stereocenters. The molecule has 0 aliphatic carbocycles. The van der Waals surface area contributed by atoms with Crippen molar-refractivity contribution in [3.63, 3.8) is 0 Å². The Morgan fingerprint density at radius 1 is 1.19 bits per heavy atom. The summed E-state index contributed by atoms with van der Waals surface area (Å²) in [6.07, 6.45) is -1.02. The number of carbonyl (C=O) groups excluding carboxylic acids is 1. The molecule has 0 radical (unpaired) electrons. The minimum atomic E-state index is -1.02. The highest BCUT2D eigenvalue weighted by Crippen LogP contribution is 2.16. The van der Waals surface area contributed by atoms with Gasteiger partial charge in [-0.15, -0.1) is 0 Å². The molecule has 0 fully saturated rings. The third-order valence-electron chi connectivity index (χ3n) is 2.88. The molecule has 2 aromatic rings. The molecule has 1 amide bonds. The Morgan fingerprint density at radius 2 is 1.86 bits per heavy atom. The van der Waals surface area contributed by atoms with E-state index in [1.54, 1.807) is 0 Å². The fraction of sp³-hybridized carbons (Fsp3) is 0.133. The number of hydrogen-bond acceptors (Lipinski definition) is 2. The molecule has 0 aromatic heterocycles. The number of aliphatic hydroxyl groups excluding tert-OH is 1. The molecule has 0 saturated carbocycles. The van der Waals surface area contributed by atoms with Crippen molar-refractivity contribution in [2.24, 2.45) is 0 Å². The van der Waals surface area contributed by atoms with Gasteiger partial charge >= 0.3 is 0 Å². The van der Waals surface area contributed by atoms with Crippen LogP contribution < -0.4 is 5.32 Å². The van der Waals surface area contributed by atoms with E-state index >= 15 is 0 Å². The Balaban J connectivity index is 2.00. The first-order chi connectivity index (χ1) is 9.97. The van der Waals surface area contributed by atoms with Gasteiger partial charge in [-0.2, -0.15) is 0 Å². The molecule has 0 bridgehead atoms. The van der Waals surface area contributed by atoms with Crippen molar-refractivity contribution in [3.05, 3.63) is 70.2 Å². The van der Waals surface area contributed by atoms with Crippen LogP contribution in [-0.4, -0.2) is 17.6 Å². The van der Waals surface area contributed by atoms with Crippen molar-refractivity contribution in [1.82, 2.24) is 5.32 Å². The average molecular weight is 312 g/mol. The molecule has 2 rings (SSSR count). The fourth-order valence-corrected chi connectivity index (χ4v) is 1.93. The number of carbonyl (C=O) groups is 1. The smallest absolute Gasteiger partial charge is 0.254 e. The third-order valence-corrected chi connectivity index (χ3v) is 3.12. The van der Waals surface area contributed by atoms with Crippen LogP contribution in [0.1, 0.15) is 22.0 Å². The molecule has 0 aliphatic heterocycles. The minimum Gasteiger partial charge on any atom is -0.387 e. The zero-order valence-electron chi connectivity index (χ0n) is 10.8. The highest BCUT2D eigenvalue weighted by molar-refractivity contribution is 6.30. The summed E-state index contributed by atoms with van der Waals surface area (Å²) in [5.41, 5.74) is 0.247. The first-order valence-electron chi connectivity index (χ1n) is 6.14. The maximum Gasteiger partial charge on any atom is 0.254 e. The molecule has 0 spiro atoms. The summed E-state index contributed by atoms with van der Waals surface area (Å²) in [5, 5.41) is 12.5. The van der Waals surface area contributed by atoms with Crippen LogP contribution in [0, 0.1) is 11.6 Å². The van der Waals surface area contributed by atoms with E-state index in [-0.39, 0.29) is 17.1 Å². The lowest BCUT2D eigenvalue weighted by Gasteiger charge is -2.12. The summed E-state index contributed by atoms with van der Waals surface area (Å²) in [7, 11) is 0. The lowest BCUT2D eigenvalue weighted by molar-refractivity contribution is 0.0912. The van der Waals surface area contributed by atoms with Crippen molar-refractivity contribution in [1.29, 1.82) is 0 Å². The summed E-state index contributed by atoms with van der Waals surface area (Å²) < 4.78 is 26.3. The highest BCUT2D eigenvalue weighted by Gasteiger charge is 2.14. The van der Waals surface area contributed by atoms with Crippen molar-refractivity contribution < 1.29 is 18.7 Å². The van der Waals surface area contributed by atoms with E-state index in [0.717, 1.165) is 6.07 Å². The molecule has 2 N–H and O–H groups in total. The summed E-state index contributed by atoms with van der Waals surface area (Å²) >= 11 is 5.70. The zero-order valence-corrected chi connectivity index (χ0v) is 11.6. The van der Waals surface area contributed by atoms with Crippen LogP contribution >= 0.6 is 11.6 Å². The van der Waals surface area contributed by atoms with Gasteiger partial charge in [0.15, 0.2) is 0 Å². The molecule has 0 heterocycles. The Kier molecular flexibility index (Phi) is 4.88. The van der Waals surface area contributed by atoms with Gasteiger partial charge in [-0.3, -0.25) is 4.79 Å². The first kappa shape index (κ1) is 15.4. The second-order valence-electron chi connectivity index (χ2n) is 4.40. The normalized spacial score (nSPS) is 12.0. The fourth-order valence-electron chi connectivity index (χ4n) is 1.76. The van der Waals surface area contributed by atoms with Crippen LogP contribution in [-0.2, 0) is 0 Å². The van der Waals surface area contributed by atoms with Gasteiger partial charge in [-0.05, 0) is 35.9 Å². The molecule has 2 aromatic carbocycles.